The summed E-state index contributed by atoms with van der Waals surface area (Å²) in [5.41, 5.74) is 2.17. The molecule has 0 bridgehead atoms. The lowest BCUT2D eigenvalue weighted by Crippen LogP contribution is -2.19. The van der Waals surface area contributed by atoms with Crippen LogP contribution in [0.25, 0.3) is 0 Å². The third-order valence-corrected chi connectivity index (χ3v) is 5.34. The lowest BCUT2D eigenvalue weighted by molar-refractivity contribution is 0.570. The van der Waals surface area contributed by atoms with Crippen LogP contribution in [0.15, 0.2) is 23.1 Å². The highest BCUT2D eigenvalue weighted by molar-refractivity contribution is 7.91. The molecule has 4 heteroatoms. The van der Waals surface area contributed by atoms with E-state index in [2.05, 4.69) is 5.32 Å². The molecule has 1 aliphatic rings. The van der Waals surface area contributed by atoms with Gasteiger partial charge in [-0.1, -0.05) is 6.07 Å². The summed E-state index contributed by atoms with van der Waals surface area (Å²) in [6.07, 6.45) is 0.962. The molecule has 1 atom stereocenters. The van der Waals surface area contributed by atoms with Crippen LogP contribution < -0.4 is 5.32 Å². The second-order valence-corrected chi connectivity index (χ2v) is 6.92. The summed E-state index contributed by atoms with van der Waals surface area (Å²) >= 11 is 0. The van der Waals surface area contributed by atoms with Crippen LogP contribution in [0.2, 0.25) is 0 Å². The molecule has 1 heterocycles. The zero-order chi connectivity index (χ0) is 12.5. The summed E-state index contributed by atoms with van der Waals surface area (Å²) in [6.45, 7) is 5.70. The monoisotopic (exact) mass is 253 g/mol. The molecule has 0 saturated carbocycles. The number of sulfone groups is 1. The van der Waals surface area contributed by atoms with Gasteiger partial charge in [-0.25, -0.2) is 8.42 Å². The fourth-order valence-electron chi connectivity index (χ4n) is 2.17. The number of rotatable bonds is 3. The molecule has 0 radical (unpaired) electrons. The van der Waals surface area contributed by atoms with Gasteiger partial charge in [-0.05, 0) is 62.5 Å². The highest BCUT2D eigenvalue weighted by Gasteiger charge is 2.23. The second kappa shape index (κ2) is 4.78. The third-order valence-electron chi connectivity index (χ3n) is 3.45. The molecule has 1 aliphatic heterocycles. The fraction of sp³-hybridized carbons (Fsp3) is 0.538. The molecule has 17 heavy (non-hydrogen) atoms. The van der Waals surface area contributed by atoms with Gasteiger partial charge in [0.15, 0.2) is 9.84 Å². The summed E-state index contributed by atoms with van der Waals surface area (Å²) in [5, 5.41) is 3.20. The first-order chi connectivity index (χ1) is 7.99. The average Bonchev–Trinajstić information content (AvgIpc) is 2.73. The first-order valence-corrected chi connectivity index (χ1v) is 7.65. The molecular formula is C13H19NO2S. The Bertz CT molecular complexity index is 502. The predicted molar refractivity (Wildman–Crippen MR) is 68.9 cm³/mol. The molecule has 2 rings (SSSR count). The Hall–Kier alpha value is -0.870. The molecule has 1 aromatic rings. The van der Waals surface area contributed by atoms with E-state index in [4.69, 9.17) is 0 Å². The molecule has 0 amide bonds. The van der Waals surface area contributed by atoms with Crippen molar-refractivity contribution in [2.75, 3.05) is 18.8 Å². The van der Waals surface area contributed by atoms with Crippen LogP contribution in [-0.2, 0) is 9.84 Å². The van der Waals surface area contributed by atoms with Crippen molar-refractivity contribution in [3.63, 3.8) is 0 Å². The van der Waals surface area contributed by atoms with Crippen molar-refractivity contribution in [2.24, 2.45) is 5.92 Å². The van der Waals surface area contributed by atoms with Crippen LogP contribution in [0, 0.1) is 19.8 Å². The minimum Gasteiger partial charge on any atom is -0.316 e. The molecule has 0 spiro atoms. The van der Waals surface area contributed by atoms with Crippen molar-refractivity contribution in [1.82, 2.24) is 5.32 Å². The normalized spacial score (nSPS) is 20.7. The molecule has 1 aromatic carbocycles. The molecule has 1 fully saturated rings. The Morgan fingerprint density at radius 2 is 2.06 bits per heavy atom. The SMILES string of the molecule is Cc1ccc(S(=O)(=O)C[C@H]2CCNC2)cc1C. The lowest BCUT2D eigenvalue weighted by Gasteiger charge is -2.10. The van der Waals surface area contributed by atoms with E-state index in [1.165, 1.54) is 0 Å². The van der Waals surface area contributed by atoms with E-state index in [0.717, 1.165) is 30.6 Å². The summed E-state index contributed by atoms with van der Waals surface area (Å²) in [4.78, 5) is 0.465. The van der Waals surface area contributed by atoms with Gasteiger partial charge >= 0.3 is 0 Å². The molecule has 1 saturated heterocycles. The molecule has 1 N–H and O–H groups in total. The smallest absolute Gasteiger partial charge is 0.178 e. The molecule has 0 aromatic heterocycles. The summed E-state index contributed by atoms with van der Waals surface area (Å²) in [6, 6.07) is 5.39. The molecule has 94 valence electrons. The number of nitrogens with one attached hydrogen (secondary N) is 1. The van der Waals surface area contributed by atoms with E-state index < -0.39 is 9.84 Å². The first kappa shape index (κ1) is 12.6. The zero-order valence-electron chi connectivity index (χ0n) is 10.4. The zero-order valence-corrected chi connectivity index (χ0v) is 11.2. The van der Waals surface area contributed by atoms with Gasteiger partial charge in [-0.2, -0.15) is 0 Å². The number of hydrogen-bond acceptors (Lipinski definition) is 3. The predicted octanol–water partition coefficient (Wildman–Crippen LogP) is 1.69. The van der Waals surface area contributed by atoms with Crippen molar-refractivity contribution in [3.05, 3.63) is 29.3 Å². The minimum absolute atomic E-state index is 0.265. The Labute approximate surface area is 103 Å². The maximum absolute atomic E-state index is 12.2. The van der Waals surface area contributed by atoms with Gasteiger partial charge in [0.2, 0.25) is 0 Å². The van der Waals surface area contributed by atoms with E-state index in [0.29, 0.717) is 4.90 Å². The van der Waals surface area contributed by atoms with E-state index in [1.807, 2.05) is 19.9 Å². The third kappa shape index (κ3) is 2.87. The Kier molecular flexibility index (Phi) is 3.54. The highest BCUT2D eigenvalue weighted by atomic mass is 32.2. The molecule has 3 nitrogen and oxygen atoms in total. The molecule has 0 aliphatic carbocycles. The van der Waals surface area contributed by atoms with Crippen molar-refractivity contribution in [3.8, 4) is 0 Å². The van der Waals surface area contributed by atoms with Crippen LogP contribution in [0.1, 0.15) is 17.5 Å². The largest absolute Gasteiger partial charge is 0.316 e. The first-order valence-electron chi connectivity index (χ1n) is 6.00. The van der Waals surface area contributed by atoms with Gasteiger partial charge < -0.3 is 5.32 Å². The van der Waals surface area contributed by atoms with E-state index >= 15 is 0 Å². The summed E-state index contributed by atoms with van der Waals surface area (Å²) in [7, 11) is -3.12. The van der Waals surface area contributed by atoms with Crippen LogP contribution in [0.5, 0.6) is 0 Å². The van der Waals surface area contributed by atoms with E-state index in [-0.39, 0.29) is 11.7 Å². The lowest BCUT2D eigenvalue weighted by atomic mass is 10.1. The summed E-state index contributed by atoms with van der Waals surface area (Å²) in [5.74, 6) is 0.532. The van der Waals surface area contributed by atoms with Gasteiger partial charge in [0.05, 0.1) is 10.6 Å². The molecular weight excluding hydrogens is 234 g/mol. The van der Waals surface area contributed by atoms with Gasteiger partial charge in [0.1, 0.15) is 0 Å². The average molecular weight is 253 g/mol. The highest BCUT2D eigenvalue weighted by Crippen LogP contribution is 2.20. The summed E-state index contributed by atoms with van der Waals surface area (Å²) < 4.78 is 24.4. The van der Waals surface area contributed by atoms with Crippen molar-refractivity contribution in [2.45, 2.75) is 25.2 Å². The topological polar surface area (TPSA) is 46.2 Å². The standard InChI is InChI=1S/C13H19NO2S/c1-10-3-4-13(7-11(10)2)17(15,16)9-12-5-6-14-8-12/h3-4,7,12,14H,5-6,8-9H2,1-2H3/t12-/m0/s1. The minimum atomic E-state index is -3.12. The maximum atomic E-state index is 12.2. The number of hydrogen-bond donors (Lipinski definition) is 1. The van der Waals surface area contributed by atoms with Gasteiger partial charge in [-0.15, -0.1) is 0 Å². The van der Waals surface area contributed by atoms with Crippen molar-refractivity contribution in [1.29, 1.82) is 0 Å². The van der Waals surface area contributed by atoms with Gasteiger partial charge in [0.25, 0.3) is 0 Å². The van der Waals surface area contributed by atoms with E-state index in [9.17, 15) is 8.42 Å². The Morgan fingerprint density at radius 3 is 2.65 bits per heavy atom. The fourth-order valence-corrected chi connectivity index (χ4v) is 3.90. The number of aryl methyl sites for hydroxylation is 2. The van der Waals surface area contributed by atoms with E-state index in [1.54, 1.807) is 12.1 Å². The van der Waals surface area contributed by atoms with Gasteiger partial charge in [-0.3, -0.25) is 0 Å². The van der Waals surface area contributed by atoms with Crippen molar-refractivity contribution >= 4 is 9.84 Å². The Morgan fingerprint density at radius 1 is 1.29 bits per heavy atom. The van der Waals surface area contributed by atoms with Crippen molar-refractivity contribution < 1.29 is 8.42 Å². The number of benzene rings is 1. The maximum Gasteiger partial charge on any atom is 0.178 e. The van der Waals surface area contributed by atoms with Crippen LogP contribution in [0.4, 0.5) is 0 Å². The van der Waals surface area contributed by atoms with Crippen LogP contribution in [0.3, 0.4) is 0 Å². The second-order valence-electron chi connectivity index (χ2n) is 4.89. The quantitative estimate of drug-likeness (QED) is 0.891. The Balaban J connectivity index is 2.21. The van der Waals surface area contributed by atoms with Crippen LogP contribution >= 0.6 is 0 Å². The van der Waals surface area contributed by atoms with Crippen LogP contribution in [-0.4, -0.2) is 27.3 Å². The van der Waals surface area contributed by atoms with Gasteiger partial charge in [0, 0.05) is 0 Å². The molecule has 0 unspecified atom stereocenters.